The lowest BCUT2D eigenvalue weighted by Gasteiger charge is -2.32. The van der Waals surface area contributed by atoms with Gasteiger partial charge in [-0.2, -0.15) is 0 Å². The molecule has 2 aliphatic heterocycles. The van der Waals surface area contributed by atoms with Crippen molar-refractivity contribution < 1.29 is 19.1 Å². The van der Waals surface area contributed by atoms with E-state index in [9.17, 15) is 14.4 Å². The van der Waals surface area contributed by atoms with Gasteiger partial charge in [0.05, 0.1) is 13.2 Å². The Morgan fingerprint density at radius 3 is 2.50 bits per heavy atom. The Hall–Kier alpha value is -2.41. The quantitative estimate of drug-likeness (QED) is 0.804. The Kier molecular flexibility index (Phi) is 6.67. The van der Waals surface area contributed by atoms with E-state index in [0.29, 0.717) is 51.3 Å². The van der Waals surface area contributed by atoms with Crippen molar-refractivity contribution in [1.82, 2.24) is 10.2 Å². The zero-order valence-corrected chi connectivity index (χ0v) is 16.6. The third-order valence-corrected chi connectivity index (χ3v) is 5.19. The van der Waals surface area contributed by atoms with Gasteiger partial charge < -0.3 is 15.0 Å². The zero-order chi connectivity index (χ0) is 20.1. The number of hydrogen-bond donors (Lipinski definition) is 1. The smallest absolute Gasteiger partial charge is 0.245 e. The van der Waals surface area contributed by atoms with Crippen molar-refractivity contribution in [2.75, 3.05) is 31.2 Å². The first-order chi connectivity index (χ1) is 13.5. The fourth-order valence-electron chi connectivity index (χ4n) is 3.81. The van der Waals surface area contributed by atoms with E-state index in [4.69, 9.17) is 4.74 Å². The third-order valence-electron chi connectivity index (χ3n) is 5.19. The van der Waals surface area contributed by atoms with Crippen molar-refractivity contribution in [1.29, 1.82) is 0 Å². The molecule has 0 radical (unpaired) electrons. The molecular weight excluding hydrogens is 358 g/mol. The number of para-hydroxylation sites is 1. The number of amides is 3. The largest absolute Gasteiger partial charge is 0.378 e. The van der Waals surface area contributed by atoms with E-state index in [-0.39, 0.29) is 23.6 Å². The molecule has 152 valence electrons. The SMILES string of the molecule is CC(C)CC(NC(=O)C1CCC(=O)N1c1ccccc1)C(=O)N1CCOCC1. The summed E-state index contributed by atoms with van der Waals surface area (Å²) in [6.07, 6.45) is 1.35. The standard InChI is InChI=1S/C21H29N3O4/c1-15(2)14-17(21(27)23-10-12-28-13-11-23)22-20(26)18-8-9-19(25)24(18)16-6-4-3-5-7-16/h3-7,15,17-18H,8-14H2,1-2H3,(H,22,26). The number of morpholine rings is 1. The van der Waals surface area contributed by atoms with Crippen LogP contribution in [0.5, 0.6) is 0 Å². The molecule has 0 aliphatic carbocycles. The summed E-state index contributed by atoms with van der Waals surface area (Å²) in [5.41, 5.74) is 0.713. The Balaban J connectivity index is 1.73. The summed E-state index contributed by atoms with van der Waals surface area (Å²) >= 11 is 0. The molecule has 0 aromatic heterocycles. The molecule has 1 N–H and O–H groups in total. The molecule has 1 aromatic carbocycles. The maximum absolute atomic E-state index is 13.1. The van der Waals surface area contributed by atoms with E-state index in [1.54, 1.807) is 9.80 Å². The zero-order valence-electron chi connectivity index (χ0n) is 16.6. The molecule has 3 amide bonds. The Morgan fingerprint density at radius 2 is 1.86 bits per heavy atom. The van der Waals surface area contributed by atoms with Crippen LogP contribution in [0.4, 0.5) is 5.69 Å². The van der Waals surface area contributed by atoms with Gasteiger partial charge in [-0.15, -0.1) is 0 Å². The molecule has 0 spiro atoms. The monoisotopic (exact) mass is 387 g/mol. The maximum Gasteiger partial charge on any atom is 0.245 e. The molecule has 2 heterocycles. The number of nitrogens with zero attached hydrogens (tertiary/aromatic N) is 2. The predicted molar refractivity (Wildman–Crippen MR) is 106 cm³/mol. The van der Waals surface area contributed by atoms with Crippen molar-refractivity contribution in [2.24, 2.45) is 5.92 Å². The van der Waals surface area contributed by atoms with Crippen LogP contribution in [0.25, 0.3) is 0 Å². The van der Waals surface area contributed by atoms with Crippen LogP contribution in [0.2, 0.25) is 0 Å². The van der Waals surface area contributed by atoms with Crippen LogP contribution in [0, 0.1) is 5.92 Å². The number of carbonyl (C=O) groups excluding carboxylic acids is 3. The maximum atomic E-state index is 13.1. The lowest BCUT2D eigenvalue weighted by Crippen LogP contribution is -2.55. The summed E-state index contributed by atoms with van der Waals surface area (Å²) in [5, 5.41) is 2.94. The number of carbonyl (C=O) groups is 3. The Labute approximate surface area is 166 Å². The van der Waals surface area contributed by atoms with Gasteiger partial charge in [-0.3, -0.25) is 19.3 Å². The molecule has 2 saturated heterocycles. The fraction of sp³-hybridized carbons (Fsp3) is 0.571. The average molecular weight is 387 g/mol. The van der Waals surface area contributed by atoms with E-state index >= 15 is 0 Å². The Morgan fingerprint density at radius 1 is 1.18 bits per heavy atom. The molecular formula is C21H29N3O4. The van der Waals surface area contributed by atoms with Crippen LogP contribution in [0.15, 0.2) is 30.3 Å². The van der Waals surface area contributed by atoms with Crippen molar-refractivity contribution in [3.63, 3.8) is 0 Å². The van der Waals surface area contributed by atoms with Crippen LogP contribution < -0.4 is 10.2 Å². The lowest BCUT2D eigenvalue weighted by molar-refractivity contribution is -0.140. The van der Waals surface area contributed by atoms with Gasteiger partial charge in [0.25, 0.3) is 0 Å². The molecule has 2 aliphatic rings. The van der Waals surface area contributed by atoms with Crippen LogP contribution >= 0.6 is 0 Å². The third kappa shape index (κ3) is 4.70. The second kappa shape index (κ2) is 9.19. The molecule has 2 fully saturated rings. The van der Waals surface area contributed by atoms with E-state index in [0.717, 1.165) is 0 Å². The van der Waals surface area contributed by atoms with Gasteiger partial charge in [0.1, 0.15) is 12.1 Å². The van der Waals surface area contributed by atoms with Gasteiger partial charge in [-0.1, -0.05) is 32.0 Å². The summed E-state index contributed by atoms with van der Waals surface area (Å²) in [7, 11) is 0. The van der Waals surface area contributed by atoms with Crippen LogP contribution in [-0.2, 0) is 19.1 Å². The first-order valence-electron chi connectivity index (χ1n) is 10.0. The van der Waals surface area contributed by atoms with Gasteiger partial charge in [-0.05, 0) is 30.9 Å². The second-order valence-electron chi connectivity index (χ2n) is 7.78. The molecule has 1 aromatic rings. The van der Waals surface area contributed by atoms with Crippen molar-refractivity contribution in [3.05, 3.63) is 30.3 Å². The fourth-order valence-corrected chi connectivity index (χ4v) is 3.81. The van der Waals surface area contributed by atoms with E-state index in [1.807, 2.05) is 44.2 Å². The van der Waals surface area contributed by atoms with Gasteiger partial charge in [0.2, 0.25) is 17.7 Å². The first-order valence-corrected chi connectivity index (χ1v) is 10.0. The number of ether oxygens (including phenoxy) is 1. The van der Waals surface area contributed by atoms with E-state index in [2.05, 4.69) is 5.32 Å². The highest BCUT2D eigenvalue weighted by molar-refractivity contribution is 6.04. The van der Waals surface area contributed by atoms with Gasteiger partial charge in [0, 0.05) is 25.2 Å². The molecule has 3 rings (SSSR count). The topological polar surface area (TPSA) is 79.0 Å². The van der Waals surface area contributed by atoms with Crippen molar-refractivity contribution in [2.45, 2.75) is 45.2 Å². The van der Waals surface area contributed by atoms with Crippen LogP contribution in [-0.4, -0.2) is 61.0 Å². The van der Waals surface area contributed by atoms with Crippen LogP contribution in [0.3, 0.4) is 0 Å². The van der Waals surface area contributed by atoms with Crippen LogP contribution in [0.1, 0.15) is 33.1 Å². The highest BCUT2D eigenvalue weighted by Gasteiger charge is 2.39. The molecule has 28 heavy (non-hydrogen) atoms. The van der Waals surface area contributed by atoms with E-state index in [1.165, 1.54) is 0 Å². The summed E-state index contributed by atoms with van der Waals surface area (Å²) < 4.78 is 5.32. The number of benzene rings is 1. The number of nitrogens with one attached hydrogen (secondary N) is 1. The first kappa shape index (κ1) is 20.3. The molecule has 0 saturated carbocycles. The summed E-state index contributed by atoms with van der Waals surface area (Å²) in [4.78, 5) is 41.7. The summed E-state index contributed by atoms with van der Waals surface area (Å²) in [5.74, 6) is -0.139. The molecule has 0 bridgehead atoms. The number of rotatable bonds is 6. The molecule has 2 unspecified atom stereocenters. The number of anilines is 1. The van der Waals surface area contributed by atoms with Gasteiger partial charge in [0.15, 0.2) is 0 Å². The normalized spacial score (nSPS) is 21.1. The van der Waals surface area contributed by atoms with Crippen molar-refractivity contribution >= 4 is 23.4 Å². The molecule has 7 heteroatoms. The minimum atomic E-state index is -0.584. The van der Waals surface area contributed by atoms with Gasteiger partial charge >= 0.3 is 0 Å². The minimum Gasteiger partial charge on any atom is -0.378 e. The van der Waals surface area contributed by atoms with Crippen molar-refractivity contribution in [3.8, 4) is 0 Å². The van der Waals surface area contributed by atoms with Gasteiger partial charge in [-0.25, -0.2) is 0 Å². The summed E-state index contributed by atoms with van der Waals surface area (Å²) in [6.45, 7) is 6.19. The highest BCUT2D eigenvalue weighted by atomic mass is 16.5. The Bertz CT molecular complexity index is 701. The highest BCUT2D eigenvalue weighted by Crippen LogP contribution is 2.26. The average Bonchev–Trinajstić information content (AvgIpc) is 3.09. The predicted octanol–water partition coefficient (Wildman–Crippen LogP) is 1.57. The molecule has 7 nitrogen and oxygen atoms in total. The lowest BCUT2D eigenvalue weighted by atomic mass is 10.0. The summed E-state index contributed by atoms with van der Waals surface area (Å²) in [6, 6.07) is 8.06. The molecule has 2 atom stereocenters. The second-order valence-corrected chi connectivity index (χ2v) is 7.78. The number of hydrogen-bond acceptors (Lipinski definition) is 4. The minimum absolute atomic E-state index is 0.0636. The van der Waals surface area contributed by atoms with E-state index < -0.39 is 12.1 Å².